The highest BCUT2D eigenvalue weighted by Gasteiger charge is 2.26. The largest absolute Gasteiger partial charge is 0.481 e. The Balaban J connectivity index is 2.34. The molecular formula is C11H21N3O3. The Hall–Kier alpha value is -1.14. The van der Waals surface area contributed by atoms with Crippen molar-refractivity contribution in [2.24, 2.45) is 11.7 Å². The summed E-state index contributed by atoms with van der Waals surface area (Å²) in [4.78, 5) is 23.5. The minimum absolute atomic E-state index is 0.0328. The highest BCUT2D eigenvalue weighted by atomic mass is 16.4. The highest BCUT2D eigenvalue weighted by Crippen LogP contribution is 2.18. The minimum atomic E-state index is -0.772. The maximum absolute atomic E-state index is 10.7. The molecule has 2 unspecified atom stereocenters. The highest BCUT2D eigenvalue weighted by molar-refractivity contribution is 5.72. The van der Waals surface area contributed by atoms with Crippen molar-refractivity contribution in [2.75, 3.05) is 26.2 Å². The maximum atomic E-state index is 10.7. The first-order valence-electron chi connectivity index (χ1n) is 5.91. The van der Waals surface area contributed by atoms with E-state index < -0.39 is 5.97 Å². The fourth-order valence-electron chi connectivity index (χ4n) is 2.32. The summed E-state index contributed by atoms with van der Waals surface area (Å²) in [6.07, 6.45) is 0.938. The summed E-state index contributed by atoms with van der Waals surface area (Å²) in [5.41, 5.74) is 5.90. The molecule has 6 heteroatoms. The molecule has 0 aliphatic carbocycles. The number of nitrogens with zero attached hydrogens (tertiary/aromatic N) is 1. The van der Waals surface area contributed by atoms with Crippen LogP contribution in [0.4, 0.5) is 0 Å². The molecule has 1 aliphatic rings. The molecule has 0 aromatic rings. The van der Waals surface area contributed by atoms with E-state index in [9.17, 15) is 9.59 Å². The topological polar surface area (TPSA) is 95.7 Å². The number of piperidine rings is 1. The predicted molar refractivity (Wildman–Crippen MR) is 63.5 cm³/mol. The summed E-state index contributed by atoms with van der Waals surface area (Å²) < 4.78 is 0. The molecule has 4 N–H and O–H groups in total. The summed E-state index contributed by atoms with van der Waals surface area (Å²) in [5.74, 6) is -0.701. The Bertz CT molecular complexity index is 283. The van der Waals surface area contributed by atoms with E-state index in [0.29, 0.717) is 6.54 Å². The fourth-order valence-corrected chi connectivity index (χ4v) is 2.32. The van der Waals surface area contributed by atoms with E-state index in [4.69, 9.17) is 10.8 Å². The Morgan fingerprint density at radius 3 is 2.76 bits per heavy atom. The second-order valence-electron chi connectivity index (χ2n) is 4.70. The van der Waals surface area contributed by atoms with E-state index in [-0.39, 0.29) is 24.3 Å². The molecule has 17 heavy (non-hydrogen) atoms. The third-order valence-electron chi connectivity index (χ3n) is 2.91. The lowest BCUT2D eigenvalue weighted by atomic mass is 9.92. The summed E-state index contributed by atoms with van der Waals surface area (Å²) in [5, 5.41) is 11.5. The van der Waals surface area contributed by atoms with E-state index in [2.05, 4.69) is 10.2 Å². The van der Waals surface area contributed by atoms with Crippen molar-refractivity contribution < 1.29 is 14.7 Å². The summed E-state index contributed by atoms with van der Waals surface area (Å²) in [7, 11) is 0. The van der Waals surface area contributed by atoms with Crippen molar-refractivity contribution in [1.82, 2.24) is 10.2 Å². The second-order valence-corrected chi connectivity index (χ2v) is 4.70. The Morgan fingerprint density at radius 2 is 2.18 bits per heavy atom. The van der Waals surface area contributed by atoms with Crippen molar-refractivity contribution in [1.29, 1.82) is 0 Å². The molecule has 1 fully saturated rings. The molecular weight excluding hydrogens is 222 g/mol. The summed E-state index contributed by atoms with van der Waals surface area (Å²) >= 11 is 0. The number of rotatable bonds is 5. The van der Waals surface area contributed by atoms with Crippen LogP contribution in [0.5, 0.6) is 0 Å². The molecule has 0 spiro atoms. The number of carbonyl (C=O) groups excluding carboxylic acids is 1. The molecule has 1 saturated heterocycles. The molecule has 1 heterocycles. The molecule has 6 nitrogen and oxygen atoms in total. The lowest BCUT2D eigenvalue weighted by molar-refractivity contribution is -0.138. The van der Waals surface area contributed by atoms with Crippen LogP contribution in [0.25, 0.3) is 0 Å². The van der Waals surface area contributed by atoms with Gasteiger partial charge in [-0.15, -0.1) is 0 Å². The number of hydrogen-bond acceptors (Lipinski definition) is 4. The van der Waals surface area contributed by atoms with Gasteiger partial charge in [-0.3, -0.25) is 14.5 Å². The van der Waals surface area contributed by atoms with Crippen LogP contribution in [-0.2, 0) is 9.59 Å². The fraction of sp³-hybridized carbons (Fsp3) is 0.818. The molecule has 0 saturated carbocycles. The average molecular weight is 243 g/mol. The van der Waals surface area contributed by atoms with Gasteiger partial charge in [-0.2, -0.15) is 0 Å². The van der Waals surface area contributed by atoms with E-state index in [1.807, 2.05) is 0 Å². The van der Waals surface area contributed by atoms with Gasteiger partial charge in [-0.25, -0.2) is 0 Å². The van der Waals surface area contributed by atoms with Crippen LogP contribution in [0.2, 0.25) is 0 Å². The van der Waals surface area contributed by atoms with Crippen LogP contribution in [-0.4, -0.2) is 54.1 Å². The number of nitrogens with two attached hydrogens (primary N) is 1. The van der Waals surface area contributed by atoms with Crippen molar-refractivity contribution in [3.8, 4) is 0 Å². The monoisotopic (exact) mass is 243 g/mol. The number of carboxylic acid groups (broad SMARTS) is 1. The average Bonchev–Trinajstić information content (AvgIpc) is 2.14. The van der Waals surface area contributed by atoms with E-state index >= 15 is 0 Å². The number of carboxylic acids is 1. The molecule has 1 aliphatic heterocycles. The standard InChI is InChI=1S/C11H21N3O3/c1-8(15)13-2-3-14-6-9(5-11(16)17)4-10(12)7-14/h9-10H,2-7,12H2,1H3,(H,13,15)(H,16,17). The van der Waals surface area contributed by atoms with Crippen LogP contribution in [0, 0.1) is 5.92 Å². The predicted octanol–water partition coefficient (Wildman–Crippen LogP) is -0.754. The van der Waals surface area contributed by atoms with Gasteiger partial charge in [0, 0.05) is 45.6 Å². The van der Waals surface area contributed by atoms with Crippen molar-refractivity contribution in [2.45, 2.75) is 25.8 Å². The number of aliphatic carboxylic acids is 1. The molecule has 0 bridgehead atoms. The van der Waals surface area contributed by atoms with Gasteiger partial charge in [-0.05, 0) is 12.3 Å². The number of nitrogens with one attached hydrogen (secondary N) is 1. The molecule has 1 rings (SSSR count). The Morgan fingerprint density at radius 1 is 1.47 bits per heavy atom. The van der Waals surface area contributed by atoms with Crippen molar-refractivity contribution in [3.63, 3.8) is 0 Å². The Kier molecular flexibility index (Phi) is 5.37. The first-order chi connectivity index (χ1) is 7.97. The zero-order valence-corrected chi connectivity index (χ0v) is 10.2. The van der Waals surface area contributed by atoms with Gasteiger partial charge in [0.15, 0.2) is 0 Å². The SMILES string of the molecule is CC(=O)NCCN1CC(N)CC(CC(=O)O)C1. The van der Waals surface area contributed by atoms with Gasteiger partial charge < -0.3 is 16.2 Å². The molecule has 1 amide bonds. The summed E-state index contributed by atoms with van der Waals surface area (Å²) in [6.45, 7) is 4.32. The van der Waals surface area contributed by atoms with Crippen LogP contribution in [0.1, 0.15) is 19.8 Å². The second kappa shape index (κ2) is 6.56. The number of hydrogen-bond donors (Lipinski definition) is 3. The van der Waals surface area contributed by atoms with E-state index in [0.717, 1.165) is 26.1 Å². The Labute approximate surface area is 101 Å². The minimum Gasteiger partial charge on any atom is -0.481 e. The third-order valence-corrected chi connectivity index (χ3v) is 2.91. The van der Waals surface area contributed by atoms with Gasteiger partial charge >= 0.3 is 5.97 Å². The van der Waals surface area contributed by atoms with Gasteiger partial charge in [0.05, 0.1) is 0 Å². The van der Waals surface area contributed by atoms with Crippen LogP contribution >= 0.6 is 0 Å². The maximum Gasteiger partial charge on any atom is 0.303 e. The van der Waals surface area contributed by atoms with Crippen molar-refractivity contribution in [3.05, 3.63) is 0 Å². The molecule has 2 atom stereocenters. The van der Waals surface area contributed by atoms with Gasteiger partial charge in [0.1, 0.15) is 0 Å². The summed E-state index contributed by atoms with van der Waals surface area (Å²) in [6, 6.07) is 0.0328. The third kappa shape index (κ3) is 5.65. The van der Waals surface area contributed by atoms with Crippen LogP contribution in [0.3, 0.4) is 0 Å². The number of carbonyl (C=O) groups is 2. The zero-order valence-electron chi connectivity index (χ0n) is 10.2. The lowest BCUT2D eigenvalue weighted by Gasteiger charge is -2.35. The molecule has 0 radical (unpaired) electrons. The van der Waals surface area contributed by atoms with Crippen LogP contribution in [0.15, 0.2) is 0 Å². The van der Waals surface area contributed by atoms with Gasteiger partial charge in [-0.1, -0.05) is 0 Å². The normalized spacial score (nSPS) is 25.5. The molecule has 0 aromatic heterocycles. The number of likely N-dealkylation sites (tertiary alicyclic amines) is 1. The van der Waals surface area contributed by atoms with Crippen LogP contribution < -0.4 is 11.1 Å². The van der Waals surface area contributed by atoms with Gasteiger partial charge in [0.2, 0.25) is 5.91 Å². The quantitative estimate of drug-likeness (QED) is 0.590. The first-order valence-corrected chi connectivity index (χ1v) is 5.91. The number of amides is 1. The molecule has 0 aromatic carbocycles. The van der Waals surface area contributed by atoms with Crippen molar-refractivity contribution >= 4 is 11.9 Å². The molecule has 98 valence electrons. The van der Waals surface area contributed by atoms with E-state index in [1.54, 1.807) is 0 Å². The first kappa shape index (κ1) is 13.9. The van der Waals surface area contributed by atoms with Gasteiger partial charge in [0.25, 0.3) is 0 Å². The smallest absolute Gasteiger partial charge is 0.303 e. The zero-order chi connectivity index (χ0) is 12.8. The van der Waals surface area contributed by atoms with E-state index in [1.165, 1.54) is 6.92 Å². The lowest BCUT2D eigenvalue weighted by Crippen LogP contribution is -2.49.